The Labute approximate surface area is 352 Å². The van der Waals surface area contributed by atoms with E-state index in [0.29, 0.717) is 0 Å². The molecule has 0 aliphatic heterocycles. The van der Waals surface area contributed by atoms with Crippen LogP contribution in [0.4, 0.5) is 17.1 Å². The van der Waals surface area contributed by atoms with E-state index < -0.39 is 5.41 Å². The fourth-order valence-corrected chi connectivity index (χ4v) is 10.4. The summed E-state index contributed by atoms with van der Waals surface area (Å²) in [7, 11) is 0. The first-order valence-corrected chi connectivity index (χ1v) is 21.1. The summed E-state index contributed by atoms with van der Waals surface area (Å²) >= 11 is 0. The molecule has 1 aliphatic carbocycles. The van der Waals surface area contributed by atoms with Gasteiger partial charge >= 0.3 is 0 Å². The first-order valence-electron chi connectivity index (χ1n) is 21.1. The van der Waals surface area contributed by atoms with Crippen LogP contribution in [0.3, 0.4) is 0 Å². The zero-order valence-corrected chi connectivity index (χ0v) is 34.5. The van der Waals surface area contributed by atoms with E-state index >= 15 is 0 Å². The molecular formula is C58H46N2. The lowest BCUT2D eigenvalue weighted by molar-refractivity contribution is 0.423. The van der Waals surface area contributed by atoms with E-state index in [1.165, 1.54) is 82.6 Å². The van der Waals surface area contributed by atoms with Crippen molar-refractivity contribution in [1.82, 2.24) is 4.57 Å². The zero-order valence-electron chi connectivity index (χ0n) is 34.5. The molecule has 0 atom stereocenters. The summed E-state index contributed by atoms with van der Waals surface area (Å²) in [6.07, 6.45) is 0. The maximum atomic E-state index is 2.52. The van der Waals surface area contributed by atoms with E-state index in [1.807, 2.05) is 0 Å². The van der Waals surface area contributed by atoms with Crippen LogP contribution in [0.2, 0.25) is 0 Å². The number of para-hydroxylation sites is 1. The Morgan fingerprint density at radius 2 is 1.03 bits per heavy atom. The van der Waals surface area contributed by atoms with Crippen molar-refractivity contribution in [3.63, 3.8) is 0 Å². The van der Waals surface area contributed by atoms with E-state index in [-0.39, 0.29) is 5.54 Å². The predicted molar refractivity (Wildman–Crippen MR) is 254 cm³/mol. The van der Waals surface area contributed by atoms with Crippen molar-refractivity contribution in [2.45, 2.75) is 38.6 Å². The molecule has 0 spiro atoms. The van der Waals surface area contributed by atoms with E-state index in [1.54, 1.807) is 0 Å². The summed E-state index contributed by atoms with van der Waals surface area (Å²) in [4.78, 5) is 2.50. The van der Waals surface area contributed by atoms with Gasteiger partial charge < -0.3 is 9.47 Å². The molecule has 0 amide bonds. The molecule has 0 bridgehead atoms. The van der Waals surface area contributed by atoms with Crippen LogP contribution in [-0.4, -0.2) is 4.57 Å². The van der Waals surface area contributed by atoms with Crippen LogP contribution in [0.1, 0.15) is 48.6 Å². The molecule has 0 saturated carbocycles. The van der Waals surface area contributed by atoms with Crippen molar-refractivity contribution >= 4 is 49.6 Å². The van der Waals surface area contributed by atoms with Crippen LogP contribution in [0.25, 0.3) is 54.8 Å². The van der Waals surface area contributed by atoms with E-state index in [0.717, 1.165) is 17.1 Å². The first kappa shape index (κ1) is 36.0. The Balaban J connectivity index is 1.24. The van der Waals surface area contributed by atoms with Crippen molar-refractivity contribution < 1.29 is 0 Å². The van der Waals surface area contributed by atoms with Gasteiger partial charge in [0.25, 0.3) is 0 Å². The highest BCUT2D eigenvalue weighted by Crippen LogP contribution is 2.58. The minimum absolute atomic E-state index is 0.142. The lowest BCUT2D eigenvalue weighted by atomic mass is 9.67. The largest absolute Gasteiger partial charge is 0.335 e. The first-order chi connectivity index (χ1) is 29.3. The molecule has 10 aromatic rings. The third-order valence-corrected chi connectivity index (χ3v) is 12.8. The van der Waals surface area contributed by atoms with Crippen molar-refractivity contribution in [3.05, 3.63) is 234 Å². The quantitative estimate of drug-likeness (QED) is 0.163. The molecule has 60 heavy (non-hydrogen) atoms. The van der Waals surface area contributed by atoms with Crippen molar-refractivity contribution in [1.29, 1.82) is 0 Å². The van der Waals surface area contributed by atoms with E-state index in [9.17, 15) is 0 Å². The highest BCUT2D eigenvalue weighted by Gasteiger charge is 2.47. The molecule has 0 fully saturated rings. The van der Waals surface area contributed by atoms with Crippen molar-refractivity contribution in [2.24, 2.45) is 0 Å². The number of aromatic nitrogens is 1. The maximum absolute atomic E-state index is 2.52. The number of hydrogen-bond donors (Lipinski definition) is 0. The molecule has 9 aromatic carbocycles. The Morgan fingerprint density at radius 3 is 1.75 bits per heavy atom. The van der Waals surface area contributed by atoms with Crippen LogP contribution < -0.4 is 4.90 Å². The molecule has 0 radical (unpaired) electrons. The third kappa shape index (κ3) is 5.41. The van der Waals surface area contributed by atoms with Gasteiger partial charge in [0.1, 0.15) is 0 Å². The summed E-state index contributed by atoms with van der Waals surface area (Å²) in [6.45, 7) is 9.20. The molecule has 288 valence electrons. The zero-order chi connectivity index (χ0) is 40.6. The average molecular weight is 771 g/mol. The van der Waals surface area contributed by atoms with Crippen molar-refractivity contribution in [2.75, 3.05) is 4.90 Å². The van der Waals surface area contributed by atoms with Gasteiger partial charge in [-0.1, -0.05) is 164 Å². The van der Waals surface area contributed by atoms with Gasteiger partial charge in [0, 0.05) is 38.9 Å². The molecule has 2 nitrogen and oxygen atoms in total. The number of benzene rings is 9. The van der Waals surface area contributed by atoms with Gasteiger partial charge in [0.05, 0.1) is 10.9 Å². The van der Waals surface area contributed by atoms with Crippen LogP contribution in [0, 0.1) is 6.92 Å². The summed E-state index contributed by atoms with van der Waals surface area (Å²) in [6, 6.07) is 76.7. The van der Waals surface area contributed by atoms with Crippen molar-refractivity contribution in [3.8, 4) is 22.3 Å². The van der Waals surface area contributed by atoms with Crippen LogP contribution in [0.15, 0.2) is 206 Å². The molecule has 0 saturated heterocycles. The van der Waals surface area contributed by atoms with Gasteiger partial charge in [0.15, 0.2) is 0 Å². The van der Waals surface area contributed by atoms with Gasteiger partial charge in [-0.15, -0.1) is 0 Å². The summed E-state index contributed by atoms with van der Waals surface area (Å²) < 4.78 is 2.52. The van der Waals surface area contributed by atoms with Gasteiger partial charge in [-0.3, -0.25) is 0 Å². The Bertz CT molecular complexity index is 3200. The number of aryl methyl sites for hydroxylation is 1. The summed E-state index contributed by atoms with van der Waals surface area (Å²) in [5.41, 5.74) is 16.6. The standard InChI is InChI=1S/C58H46N2/c1-39-19-18-29-52-56(39)50-34-32-44(37-53(50)58(52,42-23-10-6-11-24-42)43-25-12-7-13-26-43)59(46-35-41-22-14-15-27-47(41)51(36-46)40-20-8-5-9-21-40)45-31-33-49-48-28-16-17-30-54(48)60(55(49)38-45)57(2,3)4/h5-38H,1-4H3. The topological polar surface area (TPSA) is 8.17 Å². The fraction of sp³-hybridized carbons (Fsp3) is 0.103. The molecule has 0 N–H and O–H groups in total. The molecule has 11 rings (SSSR count). The van der Waals surface area contributed by atoms with Gasteiger partial charge in [0.2, 0.25) is 0 Å². The molecular weight excluding hydrogens is 725 g/mol. The number of hydrogen-bond acceptors (Lipinski definition) is 1. The Hall–Kier alpha value is -7.16. The molecule has 1 aromatic heterocycles. The molecule has 2 heteroatoms. The Kier molecular flexibility index (Phi) is 8.22. The SMILES string of the molecule is Cc1cccc2c1-c1ccc(N(c3cc(-c4ccccc4)c4ccccc4c3)c3ccc4c5ccccc5n(C(C)(C)C)c4c3)cc1C2(c1ccccc1)c1ccccc1. The van der Waals surface area contributed by atoms with Crippen LogP contribution >= 0.6 is 0 Å². The summed E-state index contributed by atoms with van der Waals surface area (Å²) in [5, 5.41) is 4.98. The second-order valence-electron chi connectivity index (χ2n) is 17.4. The minimum atomic E-state index is -0.526. The lowest BCUT2D eigenvalue weighted by Gasteiger charge is -2.35. The monoisotopic (exact) mass is 770 g/mol. The second kappa shape index (κ2) is 13.7. The smallest absolute Gasteiger partial charge is 0.0714 e. The number of anilines is 3. The normalized spacial score (nSPS) is 13.1. The van der Waals surface area contributed by atoms with Gasteiger partial charge in [-0.05, 0) is 131 Å². The average Bonchev–Trinajstić information content (AvgIpc) is 3.78. The van der Waals surface area contributed by atoms with Gasteiger partial charge in [-0.25, -0.2) is 0 Å². The van der Waals surface area contributed by atoms with E-state index in [4.69, 9.17) is 0 Å². The molecule has 0 unspecified atom stereocenters. The highest BCUT2D eigenvalue weighted by atomic mass is 15.1. The second-order valence-corrected chi connectivity index (χ2v) is 17.4. The Morgan fingerprint density at radius 1 is 0.433 bits per heavy atom. The third-order valence-electron chi connectivity index (χ3n) is 12.8. The number of rotatable bonds is 6. The number of fused-ring (bicyclic) bond motifs is 7. The van der Waals surface area contributed by atoms with E-state index in [2.05, 4.69) is 243 Å². The fourth-order valence-electron chi connectivity index (χ4n) is 10.4. The van der Waals surface area contributed by atoms with Crippen LogP contribution in [-0.2, 0) is 11.0 Å². The highest BCUT2D eigenvalue weighted by molar-refractivity contribution is 6.10. The number of nitrogens with zero attached hydrogens (tertiary/aromatic N) is 2. The maximum Gasteiger partial charge on any atom is 0.0714 e. The molecule has 1 heterocycles. The minimum Gasteiger partial charge on any atom is -0.335 e. The summed E-state index contributed by atoms with van der Waals surface area (Å²) in [5.74, 6) is 0. The van der Waals surface area contributed by atoms with Crippen LogP contribution in [0.5, 0.6) is 0 Å². The van der Waals surface area contributed by atoms with Gasteiger partial charge in [-0.2, -0.15) is 0 Å². The lowest BCUT2D eigenvalue weighted by Crippen LogP contribution is -2.28. The molecule has 1 aliphatic rings. The predicted octanol–water partition coefficient (Wildman–Crippen LogP) is 15.5.